The predicted octanol–water partition coefficient (Wildman–Crippen LogP) is 3.53. The number of anilines is 1. The Morgan fingerprint density at radius 2 is 2.14 bits per heavy atom. The summed E-state index contributed by atoms with van der Waals surface area (Å²) < 4.78 is 11.2. The van der Waals surface area contributed by atoms with Gasteiger partial charge in [-0.1, -0.05) is 29.4 Å². The summed E-state index contributed by atoms with van der Waals surface area (Å²) in [6.45, 7) is 2.35. The van der Waals surface area contributed by atoms with E-state index in [0.717, 1.165) is 37.3 Å². The van der Waals surface area contributed by atoms with E-state index in [2.05, 4.69) is 41.7 Å². The molecule has 29 heavy (non-hydrogen) atoms. The molecule has 2 aromatic heterocycles. The zero-order chi connectivity index (χ0) is 20.2. The van der Waals surface area contributed by atoms with Gasteiger partial charge in [-0.15, -0.1) is 0 Å². The van der Waals surface area contributed by atoms with E-state index in [1.807, 2.05) is 24.3 Å². The van der Waals surface area contributed by atoms with E-state index < -0.39 is 6.09 Å². The molecule has 3 heterocycles. The second-order valence-electron chi connectivity index (χ2n) is 6.53. The Bertz CT molecular complexity index is 1000. The van der Waals surface area contributed by atoms with Gasteiger partial charge >= 0.3 is 6.09 Å². The Hall–Kier alpha value is -2.82. The number of benzene rings is 1. The van der Waals surface area contributed by atoms with Crippen molar-refractivity contribution in [3.8, 4) is 22.7 Å². The number of hydrogen-bond donors (Lipinski definition) is 3. The molecule has 1 aliphatic heterocycles. The monoisotopic (exact) mass is 459 g/mol. The lowest BCUT2D eigenvalue weighted by Crippen LogP contribution is -2.28. The van der Waals surface area contributed by atoms with Crippen LogP contribution >= 0.6 is 15.9 Å². The minimum atomic E-state index is -1.24. The van der Waals surface area contributed by atoms with Crippen molar-refractivity contribution in [2.75, 3.05) is 18.5 Å². The molecule has 1 amide bonds. The largest absolute Gasteiger partial charge is 0.465 e. The average Bonchev–Trinajstić information content (AvgIpc) is 3.40. The molecule has 0 aliphatic carbocycles. The van der Waals surface area contributed by atoms with Crippen LogP contribution in [0.3, 0.4) is 0 Å². The third-order valence-electron chi connectivity index (χ3n) is 4.49. The third kappa shape index (κ3) is 4.78. The summed E-state index contributed by atoms with van der Waals surface area (Å²) in [6, 6.07) is 10.1. The van der Waals surface area contributed by atoms with Gasteiger partial charge in [0.1, 0.15) is 10.3 Å². The maximum atomic E-state index is 11.0. The van der Waals surface area contributed by atoms with Gasteiger partial charge in [0.2, 0.25) is 0 Å². The lowest BCUT2D eigenvalue weighted by Gasteiger charge is -2.10. The highest BCUT2D eigenvalue weighted by Crippen LogP contribution is 2.29. The first-order chi connectivity index (χ1) is 14.1. The third-order valence-corrected chi connectivity index (χ3v) is 4.87. The molecule has 0 radical (unpaired) electrons. The zero-order valence-corrected chi connectivity index (χ0v) is 16.8. The summed E-state index contributed by atoms with van der Waals surface area (Å²) in [5.41, 5.74) is 2.91. The van der Waals surface area contributed by atoms with Crippen molar-refractivity contribution < 1.29 is 19.2 Å². The number of rotatable bonds is 6. The Morgan fingerprint density at radius 3 is 2.86 bits per heavy atom. The number of nitrogens with one attached hydrogen (secondary N) is 2. The fraction of sp³-hybridized carbons (Fsp3) is 0.263. The van der Waals surface area contributed by atoms with E-state index >= 15 is 0 Å². The Morgan fingerprint density at radius 1 is 1.31 bits per heavy atom. The van der Waals surface area contributed by atoms with Crippen LogP contribution in [0.4, 0.5) is 10.6 Å². The fourth-order valence-corrected chi connectivity index (χ4v) is 3.29. The van der Waals surface area contributed by atoms with E-state index in [-0.39, 0.29) is 11.5 Å². The summed E-state index contributed by atoms with van der Waals surface area (Å²) in [4.78, 5) is 19.3. The van der Waals surface area contributed by atoms with Gasteiger partial charge in [0, 0.05) is 30.8 Å². The second kappa shape index (κ2) is 8.68. The Labute approximate surface area is 174 Å². The van der Waals surface area contributed by atoms with Crippen molar-refractivity contribution in [3.63, 3.8) is 0 Å². The lowest BCUT2D eigenvalue weighted by molar-refractivity contribution is 0.190. The summed E-state index contributed by atoms with van der Waals surface area (Å²) in [6.07, 6.45) is 1.20. The van der Waals surface area contributed by atoms with E-state index in [1.165, 1.54) is 6.20 Å². The van der Waals surface area contributed by atoms with E-state index in [0.29, 0.717) is 22.1 Å². The highest BCUT2D eigenvalue weighted by Gasteiger charge is 2.18. The molecule has 150 valence electrons. The molecule has 4 rings (SSSR count). The Balaban J connectivity index is 1.50. The maximum Gasteiger partial charge on any atom is 0.410 e. The summed E-state index contributed by atoms with van der Waals surface area (Å²) in [5, 5.41) is 18.8. The average molecular weight is 460 g/mol. The van der Waals surface area contributed by atoms with Crippen LogP contribution in [-0.4, -0.2) is 45.6 Å². The number of ether oxygens (including phenoxy) is 1. The molecule has 1 aromatic carbocycles. The summed E-state index contributed by atoms with van der Waals surface area (Å²) in [5.74, 6) is 0.380. The molecule has 3 aromatic rings. The van der Waals surface area contributed by atoms with Crippen LogP contribution in [0, 0.1) is 0 Å². The molecule has 1 saturated heterocycles. The first kappa shape index (κ1) is 19.5. The van der Waals surface area contributed by atoms with E-state index in [9.17, 15) is 4.79 Å². The molecule has 0 saturated carbocycles. The second-order valence-corrected chi connectivity index (χ2v) is 7.35. The van der Waals surface area contributed by atoms with E-state index in [4.69, 9.17) is 14.4 Å². The normalized spacial score (nSPS) is 16.1. The van der Waals surface area contributed by atoms with Crippen LogP contribution in [0.5, 0.6) is 0 Å². The molecule has 0 unspecified atom stereocenters. The van der Waals surface area contributed by atoms with Gasteiger partial charge in [0.15, 0.2) is 17.3 Å². The van der Waals surface area contributed by atoms with Crippen LogP contribution < -0.4 is 10.6 Å². The van der Waals surface area contributed by atoms with Gasteiger partial charge in [-0.05, 0) is 27.9 Å². The number of aromatic nitrogens is 3. The van der Waals surface area contributed by atoms with Gasteiger partial charge in [0.25, 0.3) is 0 Å². The minimum Gasteiger partial charge on any atom is -0.465 e. The van der Waals surface area contributed by atoms with Crippen molar-refractivity contribution >= 4 is 27.8 Å². The van der Waals surface area contributed by atoms with Gasteiger partial charge in [0.05, 0.1) is 12.8 Å². The van der Waals surface area contributed by atoms with Crippen LogP contribution in [0.2, 0.25) is 0 Å². The van der Waals surface area contributed by atoms with Crippen molar-refractivity contribution in [1.82, 2.24) is 20.4 Å². The minimum absolute atomic E-state index is 0.0701. The molecule has 1 aliphatic rings. The molecular weight excluding hydrogens is 442 g/mol. The standard InChI is InChI=1S/C19H18BrN5O4/c20-16-9-22-18(24-19(26)27)17(23-16)15-7-14(25-29-15)12-3-1-11(2-4-12)8-21-13-5-6-28-10-13/h1-4,7,9,13,21H,5-6,8,10H2,(H,22,24)(H,26,27)/t13-/m0/s1. The summed E-state index contributed by atoms with van der Waals surface area (Å²) in [7, 11) is 0. The van der Waals surface area contributed by atoms with E-state index in [1.54, 1.807) is 6.07 Å². The van der Waals surface area contributed by atoms with Crippen molar-refractivity contribution in [2.24, 2.45) is 0 Å². The maximum absolute atomic E-state index is 11.0. The number of nitrogens with zero attached hydrogens (tertiary/aromatic N) is 3. The number of carboxylic acid groups (broad SMARTS) is 1. The SMILES string of the molecule is O=C(O)Nc1ncc(Br)nc1-c1cc(-c2ccc(CN[C@H]3CCOC3)cc2)no1. The number of halogens is 1. The highest BCUT2D eigenvalue weighted by atomic mass is 79.9. The van der Waals surface area contributed by atoms with Crippen molar-refractivity contribution in [3.05, 3.63) is 46.7 Å². The molecule has 1 fully saturated rings. The topological polar surface area (TPSA) is 122 Å². The number of amides is 1. The van der Waals surface area contributed by atoms with Gasteiger partial charge in [-0.25, -0.2) is 14.8 Å². The van der Waals surface area contributed by atoms with Crippen LogP contribution in [0.1, 0.15) is 12.0 Å². The van der Waals surface area contributed by atoms with Gasteiger partial charge < -0.3 is 19.7 Å². The molecule has 3 N–H and O–H groups in total. The fourth-order valence-electron chi connectivity index (χ4n) is 3.01. The molecule has 9 nitrogen and oxygen atoms in total. The van der Waals surface area contributed by atoms with Crippen molar-refractivity contribution in [2.45, 2.75) is 19.0 Å². The lowest BCUT2D eigenvalue weighted by atomic mass is 10.1. The van der Waals surface area contributed by atoms with Crippen molar-refractivity contribution in [1.29, 1.82) is 0 Å². The first-order valence-corrected chi connectivity index (χ1v) is 9.78. The number of hydrogen-bond acceptors (Lipinski definition) is 7. The molecule has 0 spiro atoms. The van der Waals surface area contributed by atoms with Crippen LogP contribution in [0.25, 0.3) is 22.7 Å². The molecule has 10 heteroatoms. The molecule has 1 atom stereocenters. The quantitative estimate of drug-likeness (QED) is 0.511. The molecule has 0 bridgehead atoms. The number of carbonyl (C=O) groups is 1. The van der Waals surface area contributed by atoms with Crippen LogP contribution in [0.15, 0.2) is 45.7 Å². The van der Waals surface area contributed by atoms with Crippen LogP contribution in [-0.2, 0) is 11.3 Å². The molecular formula is C19H18BrN5O4. The predicted molar refractivity (Wildman–Crippen MR) is 108 cm³/mol. The smallest absolute Gasteiger partial charge is 0.410 e. The summed E-state index contributed by atoms with van der Waals surface area (Å²) >= 11 is 3.23. The zero-order valence-electron chi connectivity index (χ0n) is 15.3. The van der Waals surface area contributed by atoms with Gasteiger partial charge in [-0.3, -0.25) is 5.32 Å². The highest BCUT2D eigenvalue weighted by molar-refractivity contribution is 9.10. The Kier molecular flexibility index (Phi) is 5.84. The van der Waals surface area contributed by atoms with Gasteiger partial charge in [-0.2, -0.15) is 0 Å². The first-order valence-electron chi connectivity index (χ1n) is 8.98.